The van der Waals surface area contributed by atoms with Crippen LogP contribution >= 0.6 is 12.4 Å². The molecule has 0 spiro atoms. The Hall–Kier alpha value is -3.06. The predicted molar refractivity (Wildman–Crippen MR) is 117 cm³/mol. The molecular formula is C22H21ClF3N3O. The Morgan fingerprint density at radius 3 is 2.33 bits per heavy atom. The molecule has 2 aromatic carbocycles. The fourth-order valence-corrected chi connectivity index (χ4v) is 2.82. The molecule has 4 nitrogen and oxygen atoms in total. The van der Waals surface area contributed by atoms with Crippen LogP contribution in [0.15, 0.2) is 54.6 Å². The van der Waals surface area contributed by atoms with Gasteiger partial charge in [0.2, 0.25) is 5.91 Å². The fraction of sp³-hybridized carbons (Fsp3) is 0.182. The van der Waals surface area contributed by atoms with E-state index in [0.29, 0.717) is 11.3 Å². The number of carbonyl (C=O) groups excluding carboxylic acids is 1. The number of amides is 1. The molecule has 0 aliphatic carbocycles. The van der Waals surface area contributed by atoms with Gasteiger partial charge in [-0.1, -0.05) is 12.1 Å². The number of benzene rings is 2. The van der Waals surface area contributed by atoms with Crippen molar-refractivity contribution in [2.45, 2.75) is 13.1 Å². The smallest absolute Gasteiger partial charge is 0.363 e. The van der Waals surface area contributed by atoms with Crippen molar-refractivity contribution in [3.63, 3.8) is 0 Å². The number of rotatable bonds is 4. The number of carbonyl (C=O) groups is 1. The summed E-state index contributed by atoms with van der Waals surface area (Å²) in [6.45, 7) is 1.98. The number of alkyl halides is 3. The molecule has 3 aromatic rings. The van der Waals surface area contributed by atoms with Crippen LogP contribution in [0.1, 0.15) is 16.7 Å². The largest absolute Gasteiger partial charge is 0.416 e. The van der Waals surface area contributed by atoms with E-state index in [-0.39, 0.29) is 18.3 Å². The van der Waals surface area contributed by atoms with Gasteiger partial charge in [0.05, 0.1) is 11.1 Å². The SMILES string of the molecule is Cc1cc(N(C)C)nc2ccc(NC(=O)C=Cc3ccc(C(F)(F)F)cc3)cc12.Cl. The second-order valence-electron chi connectivity index (χ2n) is 6.87. The van der Waals surface area contributed by atoms with E-state index in [1.165, 1.54) is 24.3 Å². The van der Waals surface area contributed by atoms with E-state index in [0.717, 1.165) is 34.4 Å². The molecule has 0 radical (unpaired) electrons. The Morgan fingerprint density at radius 1 is 1.07 bits per heavy atom. The zero-order valence-corrected chi connectivity index (χ0v) is 17.4. The first kappa shape index (κ1) is 23.2. The van der Waals surface area contributed by atoms with E-state index < -0.39 is 11.7 Å². The first-order valence-corrected chi connectivity index (χ1v) is 8.88. The molecule has 0 unspecified atom stereocenters. The van der Waals surface area contributed by atoms with Crippen molar-refractivity contribution in [3.05, 3.63) is 71.3 Å². The van der Waals surface area contributed by atoms with Crippen LogP contribution in [-0.2, 0) is 11.0 Å². The van der Waals surface area contributed by atoms with Crippen LogP contribution in [0, 0.1) is 6.92 Å². The zero-order chi connectivity index (χ0) is 21.2. The second-order valence-corrected chi connectivity index (χ2v) is 6.87. The van der Waals surface area contributed by atoms with Gasteiger partial charge in [-0.15, -0.1) is 12.4 Å². The Bertz CT molecular complexity index is 1080. The number of hydrogen-bond donors (Lipinski definition) is 1. The number of aryl methyl sites for hydroxylation is 1. The van der Waals surface area contributed by atoms with Gasteiger partial charge in [0.1, 0.15) is 5.82 Å². The number of fused-ring (bicyclic) bond motifs is 1. The molecule has 0 saturated carbocycles. The third-order valence-corrected chi connectivity index (χ3v) is 4.39. The van der Waals surface area contributed by atoms with Crippen molar-refractivity contribution < 1.29 is 18.0 Å². The van der Waals surface area contributed by atoms with Crippen molar-refractivity contribution in [2.75, 3.05) is 24.3 Å². The molecule has 0 aliphatic rings. The van der Waals surface area contributed by atoms with Crippen LogP contribution in [0.3, 0.4) is 0 Å². The highest BCUT2D eigenvalue weighted by Crippen LogP contribution is 2.29. The van der Waals surface area contributed by atoms with E-state index in [2.05, 4.69) is 10.3 Å². The van der Waals surface area contributed by atoms with Gasteiger partial charge in [0.15, 0.2) is 0 Å². The van der Waals surface area contributed by atoms with E-state index >= 15 is 0 Å². The highest BCUT2D eigenvalue weighted by molar-refractivity contribution is 6.03. The summed E-state index contributed by atoms with van der Waals surface area (Å²) >= 11 is 0. The maximum atomic E-state index is 12.6. The number of anilines is 2. The molecule has 0 atom stereocenters. The molecule has 1 aromatic heterocycles. The summed E-state index contributed by atoms with van der Waals surface area (Å²) in [7, 11) is 3.84. The Labute approximate surface area is 178 Å². The predicted octanol–water partition coefficient (Wildman–Crippen LogP) is 5.70. The summed E-state index contributed by atoms with van der Waals surface area (Å²) in [4.78, 5) is 18.7. The normalized spacial score (nSPS) is 11.4. The van der Waals surface area contributed by atoms with Gasteiger partial charge < -0.3 is 10.2 Å². The maximum absolute atomic E-state index is 12.6. The van der Waals surface area contributed by atoms with E-state index in [9.17, 15) is 18.0 Å². The van der Waals surface area contributed by atoms with Gasteiger partial charge in [-0.2, -0.15) is 13.2 Å². The van der Waals surface area contributed by atoms with Crippen molar-refractivity contribution in [3.8, 4) is 0 Å². The Kier molecular flexibility index (Phi) is 7.10. The molecule has 30 heavy (non-hydrogen) atoms. The molecule has 158 valence electrons. The van der Waals surface area contributed by atoms with Gasteiger partial charge in [-0.25, -0.2) is 4.98 Å². The Morgan fingerprint density at radius 2 is 1.73 bits per heavy atom. The number of halogens is 4. The minimum atomic E-state index is -4.38. The molecule has 1 amide bonds. The van der Waals surface area contributed by atoms with Gasteiger partial charge in [0.25, 0.3) is 0 Å². The van der Waals surface area contributed by atoms with E-state index in [1.807, 2.05) is 44.1 Å². The summed E-state index contributed by atoms with van der Waals surface area (Å²) in [6, 6.07) is 12.0. The molecule has 0 bridgehead atoms. The third kappa shape index (κ3) is 5.51. The first-order chi connectivity index (χ1) is 13.6. The van der Waals surface area contributed by atoms with Gasteiger partial charge >= 0.3 is 6.18 Å². The van der Waals surface area contributed by atoms with Gasteiger partial charge in [-0.3, -0.25) is 4.79 Å². The lowest BCUT2D eigenvalue weighted by Crippen LogP contribution is -2.11. The molecule has 1 heterocycles. The van der Waals surface area contributed by atoms with Crippen LogP contribution in [-0.4, -0.2) is 25.0 Å². The molecule has 0 aliphatic heterocycles. The van der Waals surface area contributed by atoms with Crippen LogP contribution in [0.4, 0.5) is 24.7 Å². The number of nitrogens with zero attached hydrogens (tertiary/aromatic N) is 2. The second kappa shape index (κ2) is 9.17. The van der Waals surface area contributed by atoms with E-state index in [4.69, 9.17) is 0 Å². The molecule has 8 heteroatoms. The van der Waals surface area contributed by atoms with Gasteiger partial charge in [0, 0.05) is 31.2 Å². The molecule has 1 N–H and O–H groups in total. The summed E-state index contributed by atoms with van der Waals surface area (Å²) in [6.07, 6.45) is -1.63. The molecule has 0 saturated heterocycles. The highest BCUT2D eigenvalue weighted by Gasteiger charge is 2.29. The van der Waals surface area contributed by atoms with Gasteiger partial charge in [-0.05, 0) is 60.5 Å². The van der Waals surface area contributed by atoms with Crippen LogP contribution in [0.2, 0.25) is 0 Å². The van der Waals surface area contributed by atoms with E-state index in [1.54, 1.807) is 6.07 Å². The Balaban J connectivity index is 0.00000320. The number of aromatic nitrogens is 1. The maximum Gasteiger partial charge on any atom is 0.416 e. The summed E-state index contributed by atoms with van der Waals surface area (Å²) < 4.78 is 37.8. The molecule has 3 rings (SSSR count). The lowest BCUT2D eigenvalue weighted by atomic mass is 10.1. The first-order valence-electron chi connectivity index (χ1n) is 8.88. The number of pyridine rings is 1. The fourth-order valence-electron chi connectivity index (χ4n) is 2.82. The van der Waals surface area contributed by atoms with Crippen molar-refractivity contribution in [1.29, 1.82) is 0 Å². The summed E-state index contributed by atoms with van der Waals surface area (Å²) in [5.41, 5.74) is 2.25. The van der Waals surface area contributed by atoms with Crippen molar-refractivity contribution >= 4 is 46.8 Å². The molecule has 0 fully saturated rings. The monoisotopic (exact) mass is 435 g/mol. The minimum Gasteiger partial charge on any atom is -0.363 e. The van der Waals surface area contributed by atoms with Crippen molar-refractivity contribution in [2.24, 2.45) is 0 Å². The number of hydrogen-bond acceptors (Lipinski definition) is 3. The zero-order valence-electron chi connectivity index (χ0n) is 16.6. The summed E-state index contributed by atoms with van der Waals surface area (Å²) in [5, 5.41) is 3.69. The average Bonchev–Trinajstić information content (AvgIpc) is 2.66. The number of nitrogens with one attached hydrogen (secondary N) is 1. The van der Waals surface area contributed by atoms with Crippen LogP contribution in [0.25, 0.3) is 17.0 Å². The topological polar surface area (TPSA) is 45.2 Å². The minimum absolute atomic E-state index is 0. The quantitative estimate of drug-likeness (QED) is 0.534. The summed E-state index contributed by atoms with van der Waals surface area (Å²) in [5.74, 6) is 0.478. The third-order valence-electron chi connectivity index (χ3n) is 4.39. The van der Waals surface area contributed by atoms with Crippen LogP contribution in [0.5, 0.6) is 0 Å². The standard InChI is InChI=1S/C22H20F3N3O.ClH/c1-14-12-20(28(2)3)27-19-10-9-17(13-18(14)19)26-21(29)11-6-15-4-7-16(8-5-15)22(23,24)25;/h4-13H,1-3H3,(H,26,29);1H. The van der Waals surface area contributed by atoms with Crippen LogP contribution < -0.4 is 10.2 Å². The van der Waals surface area contributed by atoms with Crippen molar-refractivity contribution in [1.82, 2.24) is 4.98 Å². The average molecular weight is 436 g/mol. The lowest BCUT2D eigenvalue weighted by Gasteiger charge is -2.14. The lowest BCUT2D eigenvalue weighted by molar-refractivity contribution is -0.137. The molecular weight excluding hydrogens is 415 g/mol. The highest BCUT2D eigenvalue weighted by atomic mass is 35.5.